The molecule has 3 aromatic rings. The number of phenolic OH excluding ortho intramolecular Hbond substituents is 1. The Bertz CT molecular complexity index is 961. The zero-order valence-corrected chi connectivity index (χ0v) is 16.8. The summed E-state index contributed by atoms with van der Waals surface area (Å²) in [6.45, 7) is 1.50. The molecule has 0 spiro atoms. The highest BCUT2D eigenvalue weighted by Gasteiger charge is 1.90. The van der Waals surface area contributed by atoms with Crippen LogP contribution >= 0.6 is 0 Å². The maximum absolute atomic E-state index is 11.6. The van der Waals surface area contributed by atoms with Gasteiger partial charge in [-0.3, -0.25) is 9.59 Å². The number of carbonyl (C=O) groups is 2. The van der Waals surface area contributed by atoms with E-state index >= 15 is 0 Å². The Hall–Kier alpha value is -3.98. The van der Waals surface area contributed by atoms with Crippen molar-refractivity contribution in [2.75, 3.05) is 0 Å². The molecule has 1 N–H and O–H groups in total. The fourth-order valence-corrected chi connectivity index (χ4v) is 2.34. The van der Waals surface area contributed by atoms with E-state index in [1.165, 1.54) is 13.0 Å². The molecule has 3 aromatic carbocycles. The van der Waals surface area contributed by atoms with Gasteiger partial charge >= 0.3 is 0 Å². The van der Waals surface area contributed by atoms with E-state index in [0.29, 0.717) is 0 Å². The highest BCUT2D eigenvalue weighted by molar-refractivity contribution is 6.04. The number of allylic oxidation sites excluding steroid dienone is 3. The summed E-state index contributed by atoms with van der Waals surface area (Å²) in [5.74, 6) is 0.237. The number of hydrogen-bond acceptors (Lipinski definition) is 3. The quantitative estimate of drug-likeness (QED) is 0.522. The van der Waals surface area contributed by atoms with Crippen molar-refractivity contribution in [3.05, 3.63) is 120 Å². The lowest BCUT2D eigenvalue weighted by Gasteiger charge is -1.92. The van der Waals surface area contributed by atoms with Crippen LogP contribution in [-0.4, -0.2) is 16.7 Å². The van der Waals surface area contributed by atoms with Gasteiger partial charge in [-0.15, -0.1) is 0 Å². The smallest absolute Gasteiger partial charge is 0.178 e. The van der Waals surface area contributed by atoms with E-state index in [0.717, 1.165) is 16.7 Å². The van der Waals surface area contributed by atoms with E-state index in [9.17, 15) is 9.59 Å². The number of rotatable bonds is 6. The minimum Gasteiger partial charge on any atom is -0.508 e. The molecule has 150 valence electrons. The largest absolute Gasteiger partial charge is 0.508 e. The third-order valence-corrected chi connectivity index (χ3v) is 3.88. The summed E-state index contributed by atoms with van der Waals surface area (Å²) < 4.78 is 0. The van der Waals surface area contributed by atoms with Crippen molar-refractivity contribution >= 4 is 29.8 Å². The summed E-state index contributed by atoms with van der Waals surface area (Å²) in [6.07, 6.45) is 9.99. The van der Waals surface area contributed by atoms with Crippen LogP contribution in [0, 0.1) is 0 Å². The topological polar surface area (TPSA) is 54.4 Å². The lowest BCUT2D eigenvalue weighted by molar-refractivity contribution is -0.112. The molecule has 0 aliphatic carbocycles. The van der Waals surface area contributed by atoms with Crippen molar-refractivity contribution in [1.82, 2.24) is 0 Å². The summed E-state index contributed by atoms with van der Waals surface area (Å²) in [7, 11) is 0. The van der Waals surface area contributed by atoms with Crippen molar-refractivity contribution in [2.45, 2.75) is 6.92 Å². The van der Waals surface area contributed by atoms with E-state index in [1.807, 2.05) is 72.8 Å². The molecule has 0 saturated heterocycles. The molecule has 0 aliphatic rings. The van der Waals surface area contributed by atoms with Gasteiger partial charge in [-0.2, -0.15) is 0 Å². The first-order valence-electron chi connectivity index (χ1n) is 9.51. The van der Waals surface area contributed by atoms with E-state index in [1.54, 1.807) is 42.5 Å². The Morgan fingerprint density at radius 1 is 0.600 bits per heavy atom. The molecule has 0 bridgehead atoms. The monoisotopic (exact) mass is 396 g/mol. The molecule has 3 nitrogen and oxygen atoms in total. The molecule has 0 radical (unpaired) electrons. The van der Waals surface area contributed by atoms with E-state index < -0.39 is 0 Å². The zero-order valence-electron chi connectivity index (χ0n) is 16.8. The zero-order chi connectivity index (χ0) is 21.6. The number of phenols is 1. The predicted molar refractivity (Wildman–Crippen MR) is 124 cm³/mol. The van der Waals surface area contributed by atoms with Crippen molar-refractivity contribution in [3.8, 4) is 5.75 Å². The van der Waals surface area contributed by atoms with E-state index in [-0.39, 0.29) is 17.3 Å². The van der Waals surface area contributed by atoms with Gasteiger partial charge in [-0.05, 0) is 54.0 Å². The summed E-state index contributed by atoms with van der Waals surface area (Å²) in [5.41, 5.74) is 2.96. The number of benzene rings is 3. The third kappa shape index (κ3) is 9.29. The maximum atomic E-state index is 11.6. The van der Waals surface area contributed by atoms with Gasteiger partial charge in [-0.25, -0.2) is 0 Å². The first-order chi connectivity index (χ1) is 14.5. The van der Waals surface area contributed by atoms with Crippen LogP contribution in [0.2, 0.25) is 0 Å². The molecule has 0 aromatic heterocycles. The number of ketones is 2. The van der Waals surface area contributed by atoms with Crippen LogP contribution in [-0.2, 0) is 9.59 Å². The van der Waals surface area contributed by atoms with Gasteiger partial charge in [0.2, 0.25) is 0 Å². The van der Waals surface area contributed by atoms with E-state index in [4.69, 9.17) is 5.11 Å². The fraction of sp³-hybridized carbons (Fsp3) is 0.0370. The molecule has 0 aliphatic heterocycles. The molecule has 0 fully saturated rings. The molecule has 0 unspecified atom stereocenters. The number of aromatic hydroxyl groups is 1. The van der Waals surface area contributed by atoms with Crippen molar-refractivity contribution in [1.29, 1.82) is 0 Å². The van der Waals surface area contributed by atoms with Crippen LogP contribution in [0.1, 0.15) is 23.6 Å². The number of carbonyl (C=O) groups excluding carboxylic acids is 2. The first kappa shape index (κ1) is 22.3. The van der Waals surface area contributed by atoms with Gasteiger partial charge in [0, 0.05) is 0 Å². The third-order valence-electron chi connectivity index (χ3n) is 3.88. The first-order valence-corrected chi connectivity index (χ1v) is 9.51. The van der Waals surface area contributed by atoms with Crippen LogP contribution in [0.15, 0.2) is 103 Å². The molecular weight excluding hydrogens is 372 g/mol. The Balaban J connectivity index is 0.000000232. The van der Waals surface area contributed by atoms with Crippen LogP contribution < -0.4 is 0 Å². The second kappa shape index (κ2) is 12.5. The minimum atomic E-state index is -0.0114. The predicted octanol–water partition coefficient (Wildman–Crippen LogP) is 5.98. The lowest BCUT2D eigenvalue weighted by atomic mass is 10.1. The second-order valence-corrected chi connectivity index (χ2v) is 6.43. The Morgan fingerprint density at radius 3 is 1.43 bits per heavy atom. The van der Waals surface area contributed by atoms with Crippen molar-refractivity contribution < 1.29 is 14.7 Å². The van der Waals surface area contributed by atoms with Crippen LogP contribution in [0.5, 0.6) is 5.75 Å². The van der Waals surface area contributed by atoms with Crippen molar-refractivity contribution in [2.24, 2.45) is 0 Å². The maximum Gasteiger partial charge on any atom is 0.178 e. The Labute approximate surface area is 177 Å². The van der Waals surface area contributed by atoms with Crippen molar-refractivity contribution in [3.63, 3.8) is 0 Å². The molecule has 30 heavy (non-hydrogen) atoms. The molecule has 0 heterocycles. The summed E-state index contributed by atoms with van der Waals surface area (Å²) in [5, 5.41) is 8.94. The van der Waals surface area contributed by atoms with Gasteiger partial charge in [0.25, 0.3) is 0 Å². The number of hydrogen-bond donors (Lipinski definition) is 1. The van der Waals surface area contributed by atoms with Crippen LogP contribution in [0.25, 0.3) is 18.2 Å². The summed E-state index contributed by atoms with van der Waals surface area (Å²) in [4.78, 5) is 22.2. The SMILES string of the molecule is CC(=O)C=Cc1ccc(O)cc1.O=C(C=Cc1ccccc1)C=Cc1ccccc1. The molecular formula is C27H24O3. The van der Waals surface area contributed by atoms with Crippen LogP contribution in [0.3, 0.4) is 0 Å². The Morgan fingerprint density at radius 2 is 1.00 bits per heavy atom. The molecule has 0 atom stereocenters. The average molecular weight is 396 g/mol. The minimum absolute atomic E-state index is 0.0114. The van der Waals surface area contributed by atoms with E-state index in [2.05, 4.69) is 0 Å². The normalized spacial score (nSPS) is 10.8. The van der Waals surface area contributed by atoms with Gasteiger partial charge in [0.05, 0.1) is 0 Å². The summed E-state index contributed by atoms with van der Waals surface area (Å²) in [6, 6.07) is 26.2. The molecule has 0 amide bonds. The second-order valence-electron chi connectivity index (χ2n) is 6.43. The van der Waals surface area contributed by atoms with Gasteiger partial charge in [0.1, 0.15) is 5.75 Å². The van der Waals surface area contributed by atoms with Gasteiger partial charge in [-0.1, -0.05) is 91.0 Å². The Kier molecular flexibility index (Phi) is 9.28. The fourth-order valence-electron chi connectivity index (χ4n) is 2.34. The summed E-state index contributed by atoms with van der Waals surface area (Å²) >= 11 is 0. The molecule has 0 saturated carbocycles. The van der Waals surface area contributed by atoms with Gasteiger partial charge < -0.3 is 5.11 Å². The standard InChI is InChI=1S/C17H14O.C10H10O2/c18-17(13-11-15-7-3-1-4-8-15)14-12-16-9-5-2-6-10-16;1-8(11)2-3-9-4-6-10(12)7-5-9/h1-14H;2-7,12H,1H3. The molecule has 3 rings (SSSR count). The van der Waals surface area contributed by atoms with Crippen LogP contribution in [0.4, 0.5) is 0 Å². The van der Waals surface area contributed by atoms with Gasteiger partial charge in [0.15, 0.2) is 11.6 Å². The highest BCUT2D eigenvalue weighted by Crippen LogP contribution is 2.10. The highest BCUT2D eigenvalue weighted by atomic mass is 16.3. The average Bonchev–Trinajstić information content (AvgIpc) is 2.78. The molecule has 3 heteroatoms. The lowest BCUT2D eigenvalue weighted by Crippen LogP contribution is -1.84.